The Labute approximate surface area is 143 Å². The Bertz CT molecular complexity index is 570. The van der Waals surface area contributed by atoms with Gasteiger partial charge in [0.2, 0.25) is 5.91 Å². The minimum atomic E-state index is -0.321. The molecule has 1 heterocycles. The van der Waals surface area contributed by atoms with Crippen LogP contribution >= 0.6 is 0 Å². The molecule has 6 nitrogen and oxygen atoms in total. The van der Waals surface area contributed by atoms with Crippen molar-refractivity contribution in [1.82, 2.24) is 10.2 Å². The van der Waals surface area contributed by atoms with Crippen LogP contribution in [0.15, 0.2) is 18.2 Å². The second-order valence-electron chi connectivity index (χ2n) is 6.53. The van der Waals surface area contributed by atoms with E-state index in [0.717, 1.165) is 19.5 Å². The number of nitrogens with one attached hydrogen (secondary N) is 1. The maximum absolute atomic E-state index is 12.3. The third-order valence-corrected chi connectivity index (χ3v) is 4.24. The van der Waals surface area contributed by atoms with E-state index in [2.05, 4.69) is 19.2 Å². The molecule has 0 aromatic heterocycles. The number of carbonyl (C=O) groups excluding carboxylic acids is 2. The van der Waals surface area contributed by atoms with Crippen LogP contribution in [0.2, 0.25) is 0 Å². The molecule has 132 valence electrons. The monoisotopic (exact) mass is 334 g/mol. The Morgan fingerprint density at radius 3 is 2.12 bits per heavy atom. The standard InChI is InChI=1S/C18H26N2O4/c1-12-5-13(2)11-20(10-12)17(21)9-19-18(22)14-6-15(23-3)8-16(7-14)24-4/h6-8,12-13H,5,9-11H2,1-4H3,(H,19,22)/t12-,13+. The Morgan fingerprint density at radius 1 is 1.08 bits per heavy atom. The van der Waals surface area contributed by atoms with Crippen molar-refractivity contribution in [3.63, 3.8) is 0 Å². The highest BCUT2D eigenvalue weighted by Gasteiger charge is 2.25. The number of likely N-dealkylation sites (tertiary alicyclic amines) is 1. The van der Waals surface area contributed by atoms with Crippen LogP contribution < -0.4 is 14.8 Å². The lowest BCUT2D eigenvalue weighted by atomic mass is 9.92. The smallest absolute Gasteiger partial charge is 0.251 e. The molecule has 1 saturated heterocycles. The van der Waals surface area contributed by atoms with Crippen molar-refractivity contribution < 1.29 is 19.1 Å². The summed E-state index contributed by atoms with van der Waals surface area (Å²) >= 11 is 0. The molecule has 0 spiro atoms. The molecule has 0 unspecified atom stereocenters. The summed E-state index contributed by atoms with van der Waals surface area (Å²) in [5, 5.41) is 2.69. The zero-order valence-electron chi connectivity index (χ0n) is 14.8. The van der Waals surface area contributed by atoms with Gasteiger partial charge in [0.15, 0.2) is 0 Å². The van der Waals surface area contributed by atoms with Crippen LogP contribution in [0, 0.1) is 11.8 Å². The lowest BCUT2D eigenvalue weighted by Gasteiger charge is -2.35. The molecule has 1 aliphatic rings. The van der Waals surface area contributed by atoms with Crippen molar-refractivity contribution in [2.24, 2.45) is 11.8 Å². The van der Waals surface area contributed by atoms with Crippen molar-refractivity contribution in [2.45, 2.75) is 20.3 Å². The van der Waals surface area contributed by atoms with E-state index in [0.29, 0.717) is 28.9 Å². The highest BCUT2D eigenvalue weighted by atomic mass is 16.5. The summed E-state index contributed by atoms with van der Waals surface area (Å²) in [6, 6.07) is 4.93. The van der Waals surface area contributed by atoms with E-state index >= 15 is 0 Å². The van der Waals surface area contributed by atoms with E-state index in [1.807, 2.05) is 4.90 Å². The van der Waals surface area contributed by atoms with Gasteiger partial charge in [0.25, 0.3) is 5.91 Å². The molecule has 2 atom stereocenters. The number of ether oxygens (including phenoxy) is 2. The summed E-state index contributed by atoms with van der Waals surface area (Å²) in [7, 11) is 3.05. The van der Waals surface area contributed by atoms with E-state index < -0.39 is 0 Å². The zero-order chi connectivity index (χ0) is 17.7. The number of amides is 2. The van der Waals surface area contributed by atoms with E-state index in [4.69, 9.17) is 9.47 Å². The number of piperidine rings is 1. The van der Waals surface area contributed by atoms with Crippen LogP contribution in [-0.4, -0.2) is 50.6 Å². The van der Waals surface area contributed by atoms with Crippen molar-refractivity contribution in [3.05, 3.63) is 23.8 Å². The molecular formula is C18H26N2O4. The first kappa shape index (κ1) is 18.1. The van der Waals surface area contributed by atoms with Gasteiger partial charge in [-0.25, -0.2) is 0 Å². The molecule has 1 fully saturated rings. The van der Waals surface area contributed by atoms with Crippen molar-refractivity contribution >= 4 is 11.8 Å². The average molecular weight is 334 g/mol. The topological polar surface area (TPSA) is 67.9 Å². The molecule has 1 aromatic carbocycles. The summed E-state index contributed by atoms with van der Waals surface area (Å²) in [5.74, 6) is 1.69. The number of nitrogens with zero attached hydrogens (tertiary/aromatic N) is 1. The Morgan fingerprint density at radius 2 is 1.62 bits per heavy atom. The molecule has 6 heteroatoms. The van der Waals surface area contributed by atoms with Gasteiger partial charge in [-0.15, -0.1) is 0 Å². The third kappa shape index (κ3) is 4.63. The Kier molecular flexibility index (Phi) is 6.06. The van der Waals surface area contributed by atoms with Gasteiger partial charge in [-0.2, -0.15) is 0 Å². The third-order valence-electron chi connectivity index (χ3n) is 4.24. The molecule has 2 amide bonds. The number of carbonyl (C=O) groups is 2. The number of rotatable bonds is 5. The predicted molar refractivity (Wildman–Crippen MR) is 91.4 cm³/mol. The van der Waals surface area contributed by atoms with Crippen LogP contribution in [0.1, 0.15) is 30.6 Å². The molecule has 24 heavy (non-hydrogen) atoms. The van der Waals surface area contributed by atoms with Crippen LogP contribution in [-0.2, 0) is 4.79 Å². The first-order chi connectivity index (χ1) is 11.4. The number of hydrogen-bond acceptors (Lipinski definition) is 4. The first-order valence-electron chi connectivity index (χ1n) is 8.22. The van der Waals surface area contributed by atoms with Gasteiger partial charge in [-0.05, 0) is 30.4 Å². The SMILES string of the molecule is COc1cc(OC)cc(C(=O)NCC(=O)N2C[C@H](C)C[C@H](C)C2)c1. The van der Waals surface area contributed by atoms with E-state index in [9.17, 15) is 9.59 Å². The maximum atomic E-state index is 12.3. The molecule has 0 bridgehead atoms. The van der Waals surface area contributed by atoms with Gasteiger partial charge in [0.05, 0.1) is 20.8 Å². The van der Waals surface area contributed by atoms with Gasteiger partial charge >= 0.3 is 0 Å². The fourth-order valence-corrected chi connectivity index (χ4v) is 3.17. The van der Waals surface area contributed by atoms with E-state index in [1.165, 1.54) is 14.2 Å². The molecule has 2 rings (SSSR count). The predicted octanol–water partition coefficient (Wildman–Crippen LogP) is 1.94. The summed E-state index contributed by atoms with van der Waals surface area (Å²) in [6.07, 6.45) is 1.14. The second-order valence-corrected chi connectivity index (χ2v) is 6.53. The number of methoxy groups -OCH3 is 2. The minimum Gasteiger partial charge on any atom is -0.497 e. The van der Waals surface area contributed by atoms with Crippen LogP contribution in [0.3, 0.4) is 0 Å². The van der Waals surface area contributed by atoms with Crippen LogP contribution in [0.5, 0.6) is 11.5 Å². The number of hydrogen-bond donors (Lipinski definition) is 1. The van der Waals surface area contributed by atoms with Gasteiger partial charge in [-0.3, -0.25) is 9.59 Å². The first-order valence-corrected chi connectivity index (χ1v) is 8.22. The molecule has 1 aliphatic heterocycles. The summed E-state index contributed by atoms with van der Waals surface area (Å²) in [4.78, 5) is 26.5. The molecule has 0 aliphatic carbocycles. The number of benzene rings is 1. The fourth-order valence-electron chi connectivity index (χ4n) is 3.17. The largest absolute Gasteiger partial charge is 0.497 e. The maximum Gasteiger partial charge on any atom is 0.251 e. The van der Waals surface area contributed by atoms with E-state index in [1.54, 1.807) is 18.2 Å². The molecule has 0 saturated carbocycles. The zero-order valence-corrected chi connectivity index (χ0v) is 14.8. The fraction of sp³-hybridized carbons (Fsp3) is 0.556. The molecule has 0 radical (unpaired) electrons. The molecular weight excluding hydrogens is 308 g/mol. The van der Waals surface area contributed by atoms with Gasteiger partial charge in [0.1, 0.15) is 11.5 Å². The summed E-state index contributed by atoms with van der Waals surface area (Å²) in [6.45, 7) is 5.81. The highest BCUT2D eigenvalue weighted by Crippen LogP contribution is 2.23. The van der Waals surface area contributed by atoms with Crippen molar-refractivity contribution in [2.75, 3.05) is 33.9 Å². The van der Waals surface area contributed by atoms with Gasteiger partial charge in [-0.1, -0.05) is 13.8 Å². The Balaban J connectivity index is 1.96. The van der Waals surface area contributed by atoms with Gasteiger partial charge < -0.3 is 19.7 Å². The highest BCUT2D eigenvalue weighted by molar-refractivity contribution is 5.97. The average Bonchev–Trinajstić information content (AvgIpc) is 2.57. The van der Waals surface area contributed by atoms with Crippen molar-refractivity contribution in [3.8, 4) is 11.5 Å². The lowest BCUT2D eigenvalue weighted by Crippen LogP contribution is -2.46. The van der Waals surface area contributed by atoms with Crippen LogP contribution in [0.4, 0.5) is 0 Å². The quantitative estimate of drug-likeness (QED) is 0.893. The van der Waals surface area contributed by atoms with Crippen LogP contribution in [0.25, 0.3) is 0 Å². The Hall–Kier alpha value is -2.24. The minimum absolute atomic E-state index is 0.00218. The van der Waals surface area contributed by atoms with E-state index in [-0.39, 0.29) is 18.4 Å². The van der Waals surface area contributed by atoms with Crippen molar-refractivity contribution in [1.29, 1.82) is 0 Å². The second kappa shape index (κ2) is 8.04. The summed E-state index contributed by atoms with van der Waals surface area (Å²) < 4.78 is 10.3. The van der Waals surface area contributed by atoms with Gasteiger partial charge in [0, 0.05) is 24.7 Å². The molecule has 1 N–H and O–H groups in total. The summed E-state index contributed by atoms with van der Waals surface area (Å²) in [5.41, 5.74) is 0.402. The lowest BCUT2D eigenvalue weighted by molar-refractivity contribution is -0.132. The normalized spacial score (nSPS) is 20.4. The molecule has 1 aromatic rings.